The van der Waals surface area contributed by atoms with Gasteiger partial charge in [0, 0.05) is 6.20 Å². The fourth-order valence-corrected chi connectivity index (χ4v) is 1.91. The van der Waals surface area contributed by atoms with Crippen molar-refractivity contribution in [3.63, 3.8) is 0 Å². The number of pyridine rings is 1. The molecule has 0 unspecified atom stereocenters. The number of nitrogens with zero attached hydrogens (tertiary/aromatic N) is 1. The molecule has 0 bridgehead atoms. The Morgan fingerprint density at radius 1 is 1.75 bits per heavy atom. The molecule has 88 valence electrons. The van der Waals surface area contributed by atoms with Crippen molar-refractivity contribution >= 4 is 39.4 Å². The van der Waals surface area contributed by atoms with Crippen molar-refractivity contribution in [2.45, 2.75) is 12.5 Å². The predicted octanol–water partition coefficient (Wildman–Crippen LogP) is 1.86. The van der Waals surface area contributed by atoms with Crippen molar-refractivity contribution in [3.05, 3.63) is 22.8 Å². The molecule has 0 fully saturated rings. The van der Waals surface area contributed by atoms with E-state index >= 15 is 0 Å². The Bertz CT molecular complexity index is 362. The summed E-state index contributed by atoms with van der Waals surface area (Å²) in [5.74, 6) is 1.18. The highest BCUT2D eigenvalue weighted by molar-refractivity contribution is 9.10. The summed E-state index contributed by atoms with van der Waals surface area (Å²) < 4.78 is 0.750. The number of amides is 1. The fourth-order valence-electron chi connectivity index (χ4n) is 1.06. The predicted molar refractivity (Wildman–Crippen MR) is 71.5 cm³/mol. The van der Waals surface area contributed by atoms with Crippen molar-refractivity contribution in [3.8, 4) is 0 Å². The minimum Gasteiger partial charge on any atom is -0.320 e. The number of nitrogens with two attached hydrogens (primary N) is 1. The van der Waals surface area contributed by atoms with Crippen LogP contribution in [0.3, 0.4) is 0 Å². The number of carbonyl (C=O) groups excluding carboxylic acids is 1. The van der Waals surface area contributed by atoms with E-state index in [0.29, 0.717) is 12.2 Å². The lowest BCUT2D eigenvalue weighted by molar-refractivity contribution is -0.117. The van der Waals surface area contributed by atoms with E-state index in [1.807, 2.05) is 12.3 Å². The van der Waals surface area contributed by atoms with E-state index in [-0.39, 0.29) is 5.91 Å². The monoisotopic (exact) mass is 303 g/mol. The van der Waals surface area contributed by atoms with Gasteiger partial charge < -0.3 is 11.1 Å². The van der Waals surface area contributed by atoms with Crippen LogP contribution in [0, 0.1) is 0 Å². The summed E-state index contributed by atoms with van der Waals surface area (Å²) in [7, 11) is 0. The van der Waals surface area contributed by atoms with Crippen molar-refractivity contribution in [2.75, 3.05) is 17.3 Å². The minimum absolute atomic E-state index is 0.201. The molecule has 0 radical (unpaired) electrons. The van der Waals surface area contributed by atoms with Gasteiger partial charge in [0.15, 0.2) is 0 Å². The number of carbonyl (C=O) groups is 1. The zero-order chi connectivity index (χ0) is 12.0. The summed E-state index contributed by atoms with van der Waals surface area (Å²) in [6.07, 6.45) is 4.27. The lowest BCUT2D eigenvalue weighted by atomic mass is 10.2. The number of hydrogen-bond donors (Lipinski definition) is 2. The molecule has 0 spiro atoms. The van der Waals surface area contributed by atoms with Crippen LogP contribution < -0.4 is 11.1 Å². The molecule has 1 atom stereocenters. The smallest absolute Gasteiger partial charge is 0.242 e. The molecule has 4 nitrogen and oxygen atoms in total. The van der Waals surface area contributed by atoms with Crippen LogP contribution in [0.15, 0.2) is 22.8 Å². The largest absolute Gasteiger partial charge is 0.320 e. The van der Waals surface area contributed by atoms with Gasteiger partial charge in [0.2, 0.25) is 5.91 Å². The number of rotatable bonds is 5. The molecule has 0 aliphatic heterocycles. The van der Waals surface area contributed by atoms with E-state index < -0.39 is 6.04 Å². The van der Waals surface area contributed by atoms with Gasteiger partial charge in [-0.3, -0.25) is 4.79 Å². The van der Waals surface area contributed by atoms with Crippen LogP contribution in [0.4, 0.5) is 5.82 Å². The maximum atomic E-state index is 11.7. The number of halogens is 1. The Kier molecular flexibility index (Phi) is 5.79. The molecule has 0 saturated carbocycles. The van der Waals surface area contributed by atoms with Gasteiger partial charge in [0.25, 0.3) is 0 Å². The van der Waals surface area contributed by atoms with Gasteiger partial charge in [-0.05, 0) is 46.5 Å². The van der Waals surface area contributed by atoms with Crippen molar-refractivity contribution in [1.29, 1.82) is 0 Å². The number of aromatic nitrogens is 1. The molecular formula is C10H14BrN3OS. The van der Waals surface area contributed by atoms with Crippen LogP contribution in [0.5, 0.6) is 0 Å². The molecule has 6 heteroatoms. The van der Waals surface area contributed by atoms with Crippen LogP contribution in [-0.2, 0) is 4.79 Å². The molecule has 3 N–H and O–H groups in total. The topological polar surface area (TPSA) is 68.0 Å². The van der Waals surface area contributed by atoms with Gasteiger partial charge >= 0.3 is 0 Å². The number of nitrogens with one attached hydrogen (secondary N) is 1. The quantitative estimate of drug-likeness (QED) is 0.871. The second kappa shape index (κ2) is 6.88. The second-order valence-corrected chi connectivity index (χ2v) is 5.05. The average Bonchev–Trinajstić information content (AvgIpc) is 2.28. The molecule has 0 aromatic carbocycles. The van der Waals surface area contributed by atoms with Crippen LogP contribution in [0.1, 0.15) is 6.42 Å². The summed E-state index contributed by atoms with van der Waals surface area (Å²) in [6.45, 7) is 0. The fraction of sp³-hybridized carbons (Fsp3) is 0.400. The normalized spacial score (nSPS) is 12.2. The second-order valence-electron chi connectivity index (χ2n) is 3.21. The first-order valence-corrected chi connectivity index (χ1v) is 6.99. The maximum absolute atomic E-state index is 11.7. The highest BCUT2D eigenvalue weighted by Gasteiger charge is 2.14. The van der Waals surface area contributed by atoms with Gasteiger partial charge in [0.05, 0.1) is 10.5 Å². The third-order valence-electron chi connectivity index (χ3n) is 1.97. The molecular weight excluding hydrogens is 290 g/mol. The molecule has 0 aliphatic rings. The van der Waals surface area contributed by atoms with Crippen molar-refractivity contribution < 1.29 is 4.79 Å². The standard InChI is InChI=1S/C10H14BrN3OS/c1-16-6-4-8(12)10(15)14-9-7(11)3-2-5-13-9/h2-3,5,8H,4,6,12H2,1H3,(H,13,14,15)/t8-/m0/s1. The third kappa shape index (κ3) is 4.11. The van der Waals surface area contributed by atoms with E-state index in [0.717, 1.165) is 10.2 Å². The summed E-state index contributed by atoms with van der Waals surface area (Å²) >= 11 is 4.98. The van der Waals surface area contributed by atoms with Gasteiger partial charge in [-0.2, -0.15) is 11.8 Å². The van der Waals surface area contributed by atoms with Gasteiger partial charge in [-0.1, -0.05) is 0 Å². The van der Waals surface area contributed by atoms with Crippen molar-refractivity contribution in [2.24, 2.45) is 5.73 Å². The Labute approximate surface area is 108 Å². The van der Waals surface area contributed by atoms with Gasteiger partial charge in [0.1, 0.15) is 5.82 Å². The molecule has 1 aromatic rings. The lowest BCUT2D eigenvalue weighted by Gasteiger charge is -2.11. The summed E-state index contributed by atoms with van der Waals surface area (Å²) in [5.41, 5.74) is 5.73. The Balaban J connectivity index is 2.54. The number of hydrogen-bond acceptors (Lipinski definition) is 4. The molecule has 1 rings (SSSR count). The Hall–Kier alpha value is -0.590. The van der Waals surface area contributed by atoms with Crippen molar-refractivity contribution in [1.82, 2.24) is 4.98 Å². The SMILES string of the molecule is CSCC[C@H](N)C(=O)Nc1ncccc1Br. The van der Waals surface area contributed by atoms with Gasteiger partial charge in [-0.25, -0.2) is 4.98 Å². The van der Waals surface area contributed by atoms with E-state index in [9.17, 15) is 4.79 Å². The van der Waals surface area contributed by atoms with E-state index in [2.05, 4.69) is 26.2 Å². The Morgan fingerprint density at radius 2 is 2.50 bits per heavy atom. The molecule has 1 heterocycles. The maximum Gasteiger partial charge on any atom is 0.242 e. The van der Waals surface area contributed by atoms with E-state index in [1.165, 1.54) is 0 Å². The summed E-state index contributed by atoms with van der Waals surface area (Å²) in [5, 5.41) is 2.69. The van der Waals surface area contributed by atoms with Crippen LogP contribution in [-0.4, -0.2) is 28.9 Å². The molecule has 1 amide bonds. The molecule has 1 aromatic heterocycles. The first-order valence-electron chi connectivity index (χ1n) is 4.81. The molecule has 16 heavy (non-hydrogen) atoms. The highest BCUT2D eigenvalue weighted by Crippen LogP contribution is 2.18. The van der Waals surface area contributed by atoms with E-state index in [4.69, 9.17) is 5.73 Å². The van der Waals surface area contributed by atoms with Crippen LogP contribution in [0.2, 0.25) is 0 Å². The average molecular weight is 304 g/mol. The Morgan fingerprint density at radius 3 is 3.12 bits per heavy atom. The summed E-state index contributed by atoms with van der Waals surface area (Å²) in [4.78, 5) is 15.7. The number of anilines is 1. The van der Waals surface area contributed by atoms with Crippen LogP contribution in [0.25, 0.3) is 0 Å². The minimum atomic E-state index is -0.485. The first kappa shape index (κ1) is 13.5. The molecule has 0 saturated heterocycles. The third-order valence-corrected chi connectivity index (χ3v) is 3.25. The number of thioether (sulfide) groups is 1. The summed E-state index contributed by atoms with van der Waals surface area (Å²) in [6, 6.07) is 3.12. The highest BCUT2D eigenvalue weighted by atomic mass is 79.9. The van der Waals surface area contributed by atoms with Gasteiger partial charge in [-0.15, -0.1) is 0 Å². The molecule has 0 aliphatic carbocycles. The van der Waals surface area contributed by atoms with E-state index in [1.54, 1.807) is 24.0 Å². The van der Waals surface area contributed by atoms with Crippen LogP contribution >= 0.6 is 27.7 Å². The lowest BCUT2D eigenvalue weighted by Crippen LogP contribution is -2.36. The first-order chi connectivity index (χ1) is 7.65. The zero-order valence-corrected chi connectivity index (χ0v) is 11.3. The zero-order valence-electron chi connectivity index (χ0n) is 8.94.